The normalized spacial score (nSPS) is 11.8. The molecule has 0 spiro atoms. The second kappa shape index (κ2) is 10.7. The van der Waals surface area contributed by atoms with E-state index >= 15 is 0 Å². The summed E-state index contributed by atoms with van der Waals surface area (Å²) in [5, 5.41) is 11.0. The first-order chi connectivity index (χ1) is 8.57. The summed E-state index contributed by atoms with van der Waals surface area (Å²) in [6.45, 7) is 1.45. The van der Waals surface area contributed by atoms with Crippen molar-refractivity contribution in [2.45, 2.75) is 64.3 Å². The number of hydrogen-bond acceptors (Lipinski definition) is 3. The van der Waals surface area contributed by atoms with E-state index in [1.807, 2.05) is 0 Å². The molecule has 1 amide bonds. The van der Waals surface area contributed by atoms with Crippen LogP contribution < -0.4 is 5.32 Å². The van der Waals surface area contributed by atoms with Crippen LogP contribution in [0, 0.1) is 0 Å². The molecule has 2 N–H and O–H groups in total. The number of carboxylic acids is 1. The minimum atomic E-state index is -1.02. The molecule has 0 aromatic rings. The smallest absolute Gasteiger partial charge is 0.325 e. The Morgan fingerprint density at radius 3 is 2.22 bits per heavy atom. The number of unbranched alkanes of at least 4 members (excludes halogenated alkanes) is 6. The number of carbonyl (C=O) groups is 3. The first-order valence-corrected chi connectivity index (χ1v) is 6.53. The lowest BCUT2D eigenvalue weighted by molar-refractivity contribution is -0.141. The second-order valence-corrected chi connectivity index (χ2v) is 4.45. The van der Waals surface area contributed by atoms with Crippen LogP contribution in [0.4, 0.5) is 0 Å². The van der Waals surface area contributed by atoms with Crippen LogP contribution >= 0.6 is 0 Å². The van der Waals surface area contributed by atoms with Gasteiger partial charge in [-0.1, -0.05) is 25.7 Å². The monoisotopic (exact) mass is 257 g/mol. The van der Waals surface area contributed by atoms with Crippen LogP contribution in [0.3, 0.4) is 0 Å². The van der Waals surface area contributed by atoms with Gasteiger partial charge in [-0.2, -0.15) is 0 Å². The largest absolute Gasteiger partial charge is 0.480 e. The molecule has 0 aliphatic heterocycles. The van der Waals surface area contributed by atoms with Crippen molar-refractivity contribution in [3.05, 3.63) is 0 Å². The maximum Gasteiger partial charge on any atom is 0.325 e. The van der Waals surface area contributed by atoms with Gasteiger partial charge in [-0.15, -0.1) is 0 Å². The average Bonchev–Trinajstić information content (AvgIpc) is 2.32. The first-order valence-electron chi connectivity index (χ1n) is 6.53. The number of nitrogens with one attached hydrogen (secondary N) is 1. The Labute approximate surface area is 108 Å². The fourth-order valence-electron chi connectivity index (χ4n) is 1.60. The predicted octanol–water partition coefficient (Wildman–Crippen LogP) is 1.90. The molecule has 5 nitrogen and oxygen atoms in total. The first kappa shape index (κ1) is 16.6. The van der Waals surface area contributed by atoms with Gasteiger partial charge < -0.3 is 15.2 Å². The van der Waals surface area contributed by atoms with Crippen molar-refractivity contribution in [3.63, 3.8) is 0 Å². The predicted molar refractivity (Wildman–Crippen MR) is 68.2 cm³/mol. The Kier molecular flexibility index (Phi) is 9.91. The van der Waals surface area contributed by atoms with Crippen molar-refractivity contribution in [2.75, 3.05) is 0 Å². The number of aliphatic carboxylic acids is 1. The summed E-state index contributed by atoms with van der Waals surface area (Å²) in [6, 6.07) is -0.819. The van der Waals surface area contributed by atoms with E-state index in [0.717, 1.165) is 44.8 Å². The van der Waals surface area contributed by atoms with Crippen LogP contribution in [0.1, 0.15) is 58.3 Å². The highest BCUT2D eigenvalue weighted by Gasteiger charge is 2.12. The van der Waals surface area contributed by atoms with E-state index in [0.29, 0.717) is 12.8 Å². The number of rotatable bonds is 11. The van der Waals surface area contributed by atoms with Gasteiger partial charge in [0, 0.05) is 12.8 Å². The zero-order valence-electron chi connectivity index (χ0n) is 11.0. The molecule has 1 atom stereocenters. The second-order valence-electron chi connectivity index (χ2n) is 4.45. The molecule has 0 saturated heterocycles. The Bertz CT molecular complexity index is 266. The maximum absolute atomic E-state index is 11.3. The zero-order valence-corrected chi connectivity index (χ0v) is 11.0. The molecule has 0 rings (SSSR count). The third-order valence-corrected chi connectivity index (χ3v) is 2.72. The van der Waals surface area contributed by atoms with E-state index in [4.69, 9.17) is 5.11 Å². The highest BCUT2D eigenvalue weighted by atomic mass is 16.4. The van der Waals surface area contributed by atoms with Crippen LogP contribution in [0.15, 0.2) is 0 Å². The lowest BCUT2D eigenvalue weighted by Gasteiger charge is -2.08. The topological polar surface area (TPSA) is 83.5 Å². The molecule has 0 bridgehead atoms. The van der Waals surface area contributed by atoms with Crippen LogP contribution in [0.5, 0.6) is 0 Å². The third kappa shape index (κ3) is 9.81. The van der Waals surface area contributed by atoms with E-state index in [1.54, 1.807) is 0 Å². The van der Waals surface area contributed by atoms with Gasteiger partial charge in [-0.3, -0.25) is 9.59 Å². The van der Waals surface area contributed by atoms with Crippen LogP contribution in [0.25, 0.3) is 0 Å². The molecule has 0 aliphatic rings. The van der Waals surface area contributed by atoms with E-state index in [2.05, 4.69) is 5.32 Å². The molecule has 0 aromatic carbocycles. The number of carboxylic acid groups (broad SMARTS) is 1. The molecule has 0 aliphatic carbocycles. The summed E-state index contributed by atoms with van der Waals surface area (Å²) in [7, 11) is 0. The SMILES string of the molecule is CC(NC(=O)CCCCCCCCC=O)C(=O)O. The summed E-state index contributed by atoms with van der Waals surface area (Å²) in [5.41, 5.74) is 0. The van der Waals surface area contributed by atoms with Gasteiger partial charge in [0.2, 0.25) is 5.91 Å². The highest BCUT2D eigenvalue weighted by molar-refractivity contribution is 5.83. The van der Waals surface area contributed by atoms with Gasteiger partial charge in [0.1, 0.15) is 12.3 Å². The van der Waals surface area contributed by atoms with Gasteiger partial charge in [-0.05, 0) is 19.8 Å². The van der Waals surface area contributed by atoms with Gasteiger partial charge in [0.05, 0.1) is 0 Å². The maximum atomic E-state index is 11.3. The Hall–Kier alpha value is -1.39. The quantitative estimate of drug-likeness (QED) is 0.437. The van der Waals surface area contributed by atoms with Crippen LogP contribution in [-0.2, 0) is 14.4 Å². The van der Waals surface area contributed by atoms with Crippen molar-refractivity contribution < 1.29 is 19.5 Å². The molecule has 0 fully saturated rings. The Morgan fingerprint density at radius 1 is 1.11 bits per heavy atom. The molecular weight excluding hydrogens is 234 g/mol. The van der Waals surface area contributed by atoms with E-state index in [9.17, 15) is 14.4 Å². The van der Waals surface area contributed by atoms with E-state index < -0.39 is 12.0 Å². The van der Waals surface area contributed by atoms with Gasteiger partial charge in [0.25, 0.3) is 0 Å². The molecule has 0 saturated carbocycles. The Balaban J connectivity index is 3.35. The molecular formula is C13H23NO4. The third-order valence-electron chi connectivity index (χ3n) is 2.72. The number of amides is 1. The fraction of sp³-hybridized carbons (Fsp3) is 0.769. The average molecular weight is 257 g/mol. The van der Waals surface area contributed by atoms with Crippen molar-refractivity contribution in [3.8, 4) is 0 Å². The van der Waals surface area contributed by atoms with Crippen molar-refractivity contribution in [1.29, 1.82) is 0 Å². The highest BCUT2D eigenvalue weighted by Crippen LogP contribution is 2.08. The van der Waals surface area contributed by atoms with Crippen molar-refractivity contribution in [1.82, 2.24) is 5.32 Å². The van der Waals surface area contributed by atoms with Gasteiger partial charge in [-0.25, -0.2) is 0 Å². The molecule has 0 aromatic heterocycles. The minimum Gasteiger partial charge on any atom is -0.480 e. The standard InChI is InChI=1S/C13H23NO4/c1-11(13(17)18)14-12(16)9-7-5-3-2-4-6-8-10-15/h10-11H,2-9H2,1H3,(H,14,16)(H,17,18). The molecule has 18 heavy (non-hydrogen) atoms. The zero-order chi connectivity index (χ0) is 13.8. The summed E-state index contributed by atoms with van der Waals surface area (Å²) in [4.78, 5) is 31.9. The number of hydrogen-bond donors (Lipinski definition) is 2. The van der Waals surface area contributed by atoms with E-state index in [-0.39, 0.29) is 5.91 Å². The molecule has 104 valence electrons. The van der Waals surface area contributed by atoms with Crippen molar-refractivity contribution in [2.24, 2.45) is 0 Å². The molecule has 0 radical (unpaired) electrons. The molecule has 5 heteroatoms. The molecule has 0 heterocycles. The van der Waals surface area contributed by atoms with Crippen LogP contribution in [0.2, 0.25) is 0 Å². The summed E-state index contributed by atoms with van der Waals surface area (Å²) in [5.74, 6) is -1.22. The lowest BCUT2D eigenvalue weighted by atomic mass is 10.1. The molecule has 1 unspecified atom stereocenters. The van der Waals surface area contributed by atoms with Gasteiger partial charge >= 0.3 is 5.97 Å². The van der Waals surface area contributed by atoms with Crippen molar-refractivity contribution >= 4 is 18.2 Å². The fourth-order valence-corrected chi connectivity index (χ4v) is 1.60. The lowest BCUT2D eigenvalue weighted by Crippen LogP contribution is -2.38. The minimum absolute atomic E-state index is 0.203. The number of aldehydes is 1. The van der Waals surface area contributed by atoms with Gasteiger partial charge in [0.15, 0.2) is 0 Å². The number of carbonyl (C=O) groups excluding carboxylic acids is 2. The van der Waals surface area contributed by atoms with E-state index in [1.165, 1.54) is 6.92 Å². The summed E-state index contributed by atoms with van der Waals surface area (Å²) < 4.78 is 0. The Morgan fingerprint density at radius 2 is 1.67 bits per heavy atom. The van der Waals surface area contributed by atoms with Crippen LogP contribution in [-0.4, -0.2) is 29.3 Å². The summed E-state index contributed by atoms with van der Waals surface area (Å²) in [6.07, 6.45) is 7.85. The summed E-state index contributed by atoms with van der Waals surface area (Å²) >= 11 is 0.